The van der Waals surface area contributed by atoms with Crippen molar-refractivity contribution in [3.63, 3.8) is 0 Å². The zero-order chi connectivity index (χ0) is 16.8. The molecule has 0 spiro atoms. The molecule has 4 nitrogen and oxygen atoms in total. The van der Waals surface area contributed by atoms with Gasteiger partial charge in [0.25, 0.3) is 0 Å². The number of rotatable bonds is 7. The van der Waals surface area contributed by atoms with E-state index in [9.17, 15) is 4.39 Å². The maximum absolute atomic E-state index is 13.2. The Morgan fingerprint density at radius 3 is 2.83 bits per heavy atom. The van der Waals surface area contributed by atoms with Crippen molar-refractivity contribution in [2.45, 2.75) is 25.8 Å². The van der Waals surface area contributed by atoms with Gasteiger partial charge in [0.1, 0.15) is 5.82 Å². The van der Waals surface area contributed by atoms with Crippen LogP contribution in [0.15, 0.2) is 48.4 Å². The Kier molecular flexibility index (Phi) is 5.61. The smallest absolute Gasteiger partial charge is 0.141 e. The van der Waals surface area contributed by atoms with E-state index < -0.39 is 0 Å². The summed E-state index contributed by atoms with van der Waals surface area (Å²) in [6.07, 6.45) is 8.39. The summed E-state index contributed by atoms with van der Waals surface area (Å²) in [6, 6.07) is 5.54. The van der Waals surface area contributed by atoms with E-state index in [1.54, 1.807) is 29.9 Å². The minimum Gasteiger partial charge on any atom is -0.310 e. The third-order valence-corrected chi connectivity index (χ3v) is 4.68. The molecule has 3 aromatic rings. The van der Waals surface area contributed by atoms with Crippen LogP contribution in [0.2, 0.25) is 0 Å². The molecule has 3 aromatic heterocycles. The highest BCUT2D eigenvalue weighted by molar-refractivity contribution is 7.09. The van der Waals surface area contributed by atoms with E-state index in [-0.39, 0.29) is 11.9 Å². The van der Waals surface area contributed by atoms with Crippen molar-refractivity contribution in [1.29, 1.82) is 0 Å². The Hall–Kier alpha value is -2.18. The Morgan fingerprint density at radius 1 is 1.21 bits per heavy atom. The van der Waals surface area contributed by atoms with Crippen molar-refractivity contribution in [2.75, 3.05) is 6.54 Å². The van der Waals surface area contributed by atoms with E-state index in [1.165, 1.54) is 12.3 Å². The third-order valence-electron chi connectivity index (χ3n) is 3.77. The molecule has 0 radical (unpaired) electrons. The van der Waals surface area contributed by atoms with E-state index in [0.717, 1.165) is 41.2 Å². The fourth-order valence-electron chi connectivity index (χ4n) is 2.42. The summed E-state index contributed by atoms with van der Waals surface area (Å²) in [5.74, 6) is -0.299. The van der Waals surface area contributed by atoms with Gasteiger partial charge in [-0.05, 0) is 43.7 Å². The largest absolute Gasteiger partial charge is 0.310 e. The van der Waals surface area contributed by atoms with Crippen LogP contribution >= 0.6 is 11.3 Å². The third kappa shape index (κ3) is 4.43. The van der Waals surface area contributed by atoms with E-state index in [1.807, 2.05) is 19.1 Å². The molecule has 124 valence electrons. The molecule has 1 atom stereocenters. The van der Waals surface area contributed by atoms with Gasteiger partial charge in [0, 0.05) is 42.0 Å². The van der Waals surface area contributed by atoms with Gasteiger partial charge in [0.2, 0.25) is 0 Å². The predicted molar refractivity (Wildman–Crippen MR) is 94.3 cm³/mol. The molecule has 0 saturated carbocycles. The molecule has 3 rings (SSSR count). The van der Waals surface area contributed by atoms with Crippen molar-refractivity contribution < 1.29 is 4.39 Å². The second-order valence-corrected chi connectivity index (χ2v) is 6.52. The van der Waals surface area contributed by atoms with Gasteiger partial charge >= 0.3 is 0 Å². The molecule has 1 N–H and O–H groups in total. The van der Waals surface area contributed by atoms with Gasteiger partial charge in [-0.15, -0.1) is 11.3 Å². The molecule has 0 bridgehead atoms. The van der Waals surface area contributed by atoms with E-state index >= 15 is 0 Å². The van der Waals surface area contributed by atoms with Gasteiger partial charge < -0.3 is 5.32 Å². The molecule has 0 aliphatic rings. The lowest BCUT2D eigenvalue weighted by Crippen LogP contribution is -2.20. The van der Waals surface area contributed by atoms with Crippen LogP contribution in [0.25, 0.3) is 11.3 Å². The van der Waals surface area contributed by atoms with Crippen LogP contribution in [0.5, 0.6) is 0 Å². The van der Waals surface area contributed by atoms with Gasteiger partial charge in [-0.2, -0.15) is 0 Å². The van der Waals surface area contributed by atoms with E-state index in [4.69, 9.17) is 0 Å². The van der Waals surface area contributed by atoms with E-state index in [2.05, 4.69) is 25.6 Å². The topological polar surface area (TPSA) is 50.7 Å². The average Bonchev–Trinajstić information content (AvgIpc) is 3.08. The normalized spacial score (nSPS) is 12.2. The van der Waals surface area contributed by atoms with Crippen LogP contribution in [-0.4, -0.2) is 21.5 Å². The molecular formula is C18H19FN4S. The number of aryl methyl sites for hydroxylation is 1. The second kappa shape index (κ2) is 8.08. The minimum atomic E-state index is -0.299. The van der Waals surface area contributed by atoms with Crippen molar-refractivity contribution in [3.05, 3.63) is 64.8 Å². The number of pyridine rings is 2. The highest BCUT2D eigenvalue weighted by Crippen LogP contribution is 2.21. The van der Waals surface area contributed by atoms with Gasteiger partial charge in [-0.25, -0.2) is 9.37 Å². The molecule has 0 aliphatic heterocycles. The summed E-state index contributed by atoms with van der Waals surface area (Å²) in [6.45, 7) is 2.86. The standard InChI is InChI=1S/C18H19FN4S/c1-13(15-9-16(19)11-21-10-15)22-6-2-3-18-23-17(12-24-18)14-4-7-20-8-5-14/h4-5,7-13,22H,2-3,6H2,1H3. The highest BCUT2D eigenvalue weighted by Gasteiger charge is 2.07. The summed E-state index contributed by atoms with van der Waals surface area (Å²) in [4.78, 5) is 12.6. The van der Waals surface area contributed by atoms with Crippen LogP contribution < -0.4 is 5.32 Å². The molecule has 0 saturated heterocycles. The first-order chi connectivity index (χ1) is 11.7. The summed E-state index contributed by atoms with van der Waals surface area (Å²) in [7, 11) is 0. The van der Waals surface area contributed by atoms with Gasteiger partial charge in [-0.3, -0.25) is 9.97 Å². The molecule has 0 aliphatic carbocycles. The second-order valence-electron chi connectivity index (χ2n) is 5.58. The fourth-order valence-corrected chi connectivity index (χ4v) is 3.27. The highest BCUT2D eigenvalue weighted by atomic mass is 32.1. The Labute approximate surface area is 144 Å². The van der Waals surface area contributed by atoms with Crippen molar-refractivity contribution >= 4 is 11.3 Å². The Morgan fingerprint density at radius 2 is 2.04 bits per heavy atom. The lowest BCUT2D eigenvalue weighted by atomic mass is 10.1. The van der Waals surface area contributed by atoms with Crippen LogP contribution in [0.1, 0.15) is 30.0 Å². The zero-order valence-corrected chi connectivity index (χ0v) is 14.3. The number of aromatic nitrogens is 3. The zero-order valence-electron chi connectivity index (χ0n) is 13.4. The lowest BCUT2D eigenvalue weighted by molar-refractivity contribution is 0.548. The van der Waals surface area contributed by atoms with Gasteiger partial charge in [0.15, 0.2) is 0 Å². The fraction of sp³-hybridized carbons (Fsp3) is 0.278. The van der Waals surface area contributed by atoms with Crippen LogP contribution in [-0.2, 0) is 6.42 Å². The Balaban J connectivity index is 1.46. The van der Waals surface area contributed by atoms with Crippen molar-refractivity contribution in [2.24, 2.45) is 0 Å². The van der Waals surface area contributed by atoms with Crippen LogP contribution in [0, 0.1) is 5.82 Å². The molecule has 0 amide bonds. The summed E-state index contributed by atoms with van der Waals surface area (Å²) in [5.41, 5.74) is 2.96. The van der Waals surface area contributed by atoms with Gasteiger partial charge in [-0.1, -0.05) is 0 Å². The quantitative estimate of drug-likeness (QED) is 0.659. The minimum absolute atomic E-state index is 0.0804. The van der Waals surface area contributed by atoms with Crippen molar-refractivity contribution in [3.8, 4) is 11.3 Å². The SMILES string of the molecule is CC(NCCCc1nc(-c2ccncc2)cs1)c1cncc(F)c1. The summed E-state index contributed by atoms with van der Waals surface area (Å²) in [5, 5.41) is 6.61. The maximum atomic E-state index is 13.2. The molecule has 0 fully saturated rings. The molecule has 0 aromatic carbocycles. The summed E-state index contributed by atoms with van der Waals surface area (Å²) >= 11 is 1.68. The van der Waals surface area contributed by atoms with Crippen LogP contribution in [0.3, 0.4) is 0 Å². The first kappa shape index (κ1) is 16.7. The number of thiazole rings is 1. The molecular weight excluding hydrogens is 323 g/mol. The summed E-state index contributed by atoms with van der Waals surface area (Å²) < 4.78 is 13.2. The number of nitrogens with one attached hydrogen (secondary N) is 1. The number of hydrogen-bond acceptors (Lipinski definition) is 5. The predicted octanol–water partition coefficient (Wildman–Crippen LogP) is 4.02. The first-order valence-electron chi connectivity index (χ1n) is 7.91. The van der Waals surface area contributed by atoms with E-state index in [0.29, 0.717) is 0 Å². The average molecular weight is 342 g/mol. The maximum Gasteiger partial charge on any atom is 0.141 e. The lowest BCUT2D eigenvalue weighted by Gasteiger charge is -2.13. The first-order valence-corrected chi connectivity index (χ1v) is 8.79. The number of nitrogens with zero attached hydrogens (tertiary/aromatic N) is 3. The Bertz CT molecular complexity index is 775. The van der Waals surface area contributed by atoms with Crippen molar-refractivity contribution in [1.82, 2.24) is 20.3 Å². The van der Waals surface area contributed by atoms with Gasteiger partial charge in [0.05, 0.1) is 16.9 Å². The number of hydrogen-bond donors (Lipinski definition) is 1. The number of halogens is 1. The monoisotopic (exact) mass is 342 g/mol. The molecule has 24 heavy (non-hydrogen) atoms. The molecule has 3 heterocycles. The molecule has 1 unspecified atom stereocenters. The molecule has 6 heteroatoms. The van der Waals surface area contributed by atoms with Crippen LogP contribution in [0.4, 0.5) is 4.39 Å².